The van der Waals surface area contributed by atoms with Crippen LogP contribution in [0.1, 0.15) is 83.9 Å². The lowest BCUT2D eigenvalue weighted by atomic mass is 9.97. The number of amides is 8. The van der Waals surface area contributed by atoms with Crippen molar-refractivity contribution >= 4 is 65.0 Å². The number of aliphatic hydroxyl groups excluding tert-OH is 1. The zero-order valence-electron chi connectivity index (χ0n) is 39.8. The molecule has 3 heterocycles. The van der Waals surface area contributed by atoms with Crippen molar-refractivity contribution in [3.05, 3.63) is 54.1 Å². The number of aromatic amines is 1. The lowest BCUT2D eigenvalue weighted by molar-refractivity contribution is -0.147. The number of nitrogens with one attached hydrogen (secondary N) is 8. The summed E-state index contributed by atoms with van der Waals surface area (Å²) in [6.07, 6.45) is 4.31. The van der Waals surface area contributed by atoms with E-state index in [2.05, 4.69) is 47.2 Å². The van der Waals surface area contributed by atoms with Crippen LogP contribution in [0.3, 0.4) is 0 Å². The van der Waals surface area contributed by atoms with E-state index in [1.165, 1.54) is 29.2 Å². The van der Waals surface area contributed by atoms with Crippen molar-refractivity contribution in [2.75, 3.05) is 25.1 Å². The molecule has 69 heavy (non-hydrogen) atoms. The van der Waals surface area contributed by atoms with Crippen molar-refractivity contribution in [3.8, 4) is 0 Å². The number of aromatic nitrogens is 2. The van der Waals surface area contributed by atoms with E-state index in [0.717, 1.165) is 6.42 Å². The maximum absolute atomic E-state index is 14.3. The number of nitrogens with zero attached hydrogens (tertiary/aromatic N) is 2. The van der Waals surface area contributed by atoms with Gasteiger partial charge in [-0.3, -0.25) is 38.4 Å². The molecule has 2 aromatic rings. The number of aliphatic hydroxyl groups is 1. The number of carbonyl (C=O) groups is 9. The second-order valence-electron chi connectivity index (χ2n) is 18.1. The van der Waals surface area contributed by atoms with Crippen molar-refractivity contribution in [1.29, 1.82) is 0 Å². The first-order chi connectivity index (χ1) is 32.8. The van der Waals surface area contributed by atoms with Crippen LogP contribution in [0.4, 0.5) is 0 Å². The van der Waals surface area contributed by atoms with Crippen LogP contribution < -0.4 is 43.0 Å². The van der Waals surface area contributed by atoms with Gasteiger partial charge in [0.2, 0.25) is 41.4 Å². The summed E-state index contributed by atoms with van der Waals surface area (Å²) in [7, 11) is 0. The van der Waals surface area contributed by atoms with E-state index in [1.54, 1.807) is 58.0 Å². The Labute approximate surface area is 406 Å². The second-order valence-corrected chi connectivity index (χ2v) is 19.1. The number of likely N-dealkylation sites (tertiary alicyclic amines) is 1. The molecule has 4 rings (SSSR count). The van der Waals surface area contributed by atoms with Crippen molar-refractivity contribution in [3.63, 3.8) is 0 Å². The summed E-state index contributed by atoms with van der Waals surface area (Å²) in [6.45, 7) is 7.41. The number of H-pyrrole nitrogens is 1. The number of thioether (sulfide) groups is 1. The van der Waals surface area contributed by atoms with E-state index in [1.807, 2.05) is 6.26 Å². The third kappa shape index (κ3) is 16.8. The number of carboxylic acid groups (broad SMARTS) is 1. The van der Waals surface area contributed by atoms with Crippen molar-refractivity contribution in [1.82, 2.24) is 52.1 Å². The molecule has 2 aliphatic heterocycles. The fourth-order valence-electron chi connectivity index (χ4n) is 8.19. The number of hydrogen-bond donors (Lipinski definition) is 11. The lowest BCUT2D eigenvalue weighted by Gasteiger charge is -2.33. The number of benzene rings is 1. The minimum atomic E-state index is -1.89. The number of imidazole rings is 1. The van der Waals surface area contributed by atoms with E-state index in [9.17, 15) is 53.4 Å². The highest BCUT2D eigenvalue weighted by Gasteiger charge is 2.42. The first kappa shape index (κ1) is 55.5. The maximum Gasteiger partial charge on any atom is 0.326 e. The SMILES string of the molecule is CSCC[C@H](NC(=O)C(NC(=O)[C@@H]1CCCN1C(=O)[C@H](O)[C@@H](Cc1ccccc1)NC(=O)[C@@H](NC(=O)[C@H](CCC(N)=O)NC(=O)[C@@H]1CCCN1)C(C)C)C(C)C)C(=O)N[C@@H](Cc1cnc[nH]1)C(=O)O. The molecule has 0 aliphatic carbocycles. The largest absolute Gasteiger partial charge is 0.480 e. The van der Waals surface area contributed by atoms with E-state index >= 15 is 0 Å². The highest BCUT2D eigenvalue weighted by molar-refractivity contribution is 7.98. The molecule has 0 saturated carbocycles. The summed E-state index contributed by atoms with van der Waals surface area (Å²) in [5, 5.41) is 40.8. The minimum absolute atomic E-state index is 0.0358. The highest BCUT2D eigenvalue weighted by Crippen LogP contribution is 2.22. The summed E-state index contributed by atoms with van der Waals surface area (Å²) >= 11 is 1.41. The quantitative estimate of drug-likeness (QED) is 0.0492. The zero-order chi connectivity index (χ0) is 50.8. The predicted molar refractivity (Wildman–Crippen MR) is 255 cm³/mol. The van der Waals surface area contributed by atoms with Crippen LogP contribution in [-0.4, -0.2) is 158 Å². The van der Waals surface area contributed by atoms with Gasteiger partial charge in [-0.25, -0.2) is 9.78 Å². The Bertz CT molecular complexity index is 2070. The summed E-state index contributed by atoms with van der Waals surface area (Å²) in [5.41, 5.74) is 6.49. The summed E-state index contributed by atoms with van der Waals surface area (Å²) in [6, 6.07) is -0.285. The monoisotopic (exact) mass is 983 g/mol. The first-order valence-corrected chi connectivity index (χ1v) is 24.8. The van der Waals surface area contributed by atoms with Crippen molar-refractivity contribution < 1.29 is 53.4 Å². The molecular weight excluding hydrogens is 915 g/mol. The number of hydrogen-bond acceptors (Lipinski definition) is 13. The number of nitrogens with two attached hydrogens (primary N) is 1. The standard InChI is InChI=1S/C46H69N11O11S/c1-25(2)36(55-41(62)30(15-16-35(47)58)51-39(60)29-13-9-18-49-29)44(65)53-32(21-27-11-7-6-8-12-27)38(59)45(66)57-19-10-14-34(57)42(63)56-37(26(3)4)43(64)52-31(17-20-69-5)40(61)54-33(46(67)68)22-28-23-48-24-50-28/h6-8,11-12,23-26,29-34,36-38,49,59H,9-10,13-22H2,1-5H3,(H2,47,58)(H,48,50)(H,51,60)(H,52,64)(H,53,65)(H,54,61)(H,55,62)(H,56,63)(H,67,68)/t29-,30-,31-,32+,33-,34-,36-,37?,38+/m0/s1. The Morgan fingerprint density at radius 3 is 2.01 bits per heavy atom. The van der Waals surface area contributed by atoms with Crippen LogP contribution in [0.25, 0.3) is 0 Å². The van der Waals surface area contributed by atoms with Crippen molar-refractivity contribution in [2.24, 2.45) is 17.6 Å². The molecule has 12 N–H and O–H groups in total. The van der Waals surface area contributed by atoms with Gasteiger partial charge in [0.15, 0.2) is 6.10 Å². The van der Waals surface area contributed by atoms with Crippen LogP contribution in [-0.2, 0) is 56.0 Å². The van der Waals surface area contributed by atoms with Gasteiger partial charge in [0, 0.05) is 31.3 Å². The van der Waals surface area contributed by atoms with Crippen LogP contribution in [0.15, 0.2) is 42.9 Å². The van der Waals surface area contributed by atoms with Gasteiger partial charge in [-0.2, -0.15) is 11.8 Å². The van der Waals surface area contributed by atoms with Gasteiger partial charge in [0.25, 0.3) is 5.91 Å². The molecule has 2 fully saturated rings. The summed E-state index contributed by atoms with van der Waals surface area (Å²) in [4.78, 5) is 128. The molecule has 1 aromatic heterocycles. The van der Waals surface area contributed by atoms with Gasteiger partial charge < -0.3 is 63.0 Å². The van der Waals surface area contributed by atoms with E-state index < -0.39 is 120 Å². The number of primary amides is 1. The molecule has 0 bridgehead atoms. The smallest absolute Gasteiger partial charge is 0.326 e. The summed E-state index contributed by atoms with van der Waals surface area (Å²) in [5.74, 6) is -7.50. The van der Waals surface area contributed by atoms with E-state index in [4.69, 9.17) is 5.73 Å². The zero-order valence-corrected chi connectivity index (χ0v) is 40.6. The lowest BCUT2D eigenvalue weighted by Crippen LogP contribution is -2.61. The Morgan fingerprint density at radius 1 is 0.783 bits per heavy atom. The molecule has 22 nitrogen and oxygen atoms in total. The molecule has 2 saturated heterocycles. The average molecular weight is 984 g/mol. The molecule has 0 spiro atoms. The van der Waals surface area contributed by atoms with Gasteiger partial charge in [-0.05, 0) is 80.9 Å². The van der Waals surface area contributed by atoms with Crippen LogP contribution in [0, 0.1) is 11.8 Å². The number of carboxylic acids is 1. The maximum atomic E-state index is 14.3. The third-order valence-corrected chi connectivity index (χ3v) is 12.8. The first-order valence-electron chi connectivity index (χ1n) is 23.4. The molecule has 8 amide bonds. The summed E-state index contributed by atoms with van der Waals surface area (Å²) < 4.78 is 0. The Hall–Kier alpha value is -6.07. The average Bonchev–Trinajstić information content (AvgIpc) is 4.14. The van der Waals surface area contributed by atoms with Gasteiger partial charge in [-0.15, -0.1) is 0 Å². The number of rotatable bonds is 27. The molecule has 380 valence electrons. The Balaban J connectivity index is 1.49. The van der Waals surface area contributed by atoms with Gasteiger partial charge >= 0.3 is 5.97 Å². The molecule has 9 atom stereocenters. The second kappa shape index (κ2) is 27.2. The van der Waals surface area contributed by atoms with Crippen LogP contribution >= 0.6 is 11.8 Å². The fraction of sp³-hybridized carbons (Fsp3) is 0.609. The minimum Gasteiger partial charge on any atom is -0.480 e. The van der Waals surface area contributed by atoms with Crippen LogP contribution in [0.2, 0.25) is 0 Å². The molecule has 2 aliphatic rings. The van der Waals surface area contributed by atoms with Crippen LogP contribution in [0.5, 0.6) is 0 Å². The fourth-order valence-corrected chi connectivity index (χ4v) is 8.66. The molecule has 1 aromatic carbocycles. The topological polar surface area (TPSA) is 336 Å². The Kier molecular flexibility index (Phi) is 21.9. The predicted octanol–water partition coefficient (Wildman–Crippen LogP) is -1.38. The Morgan fingerprint density at radius 2 is 1.42 bits per heavy atom. The van der Waals surface area contributed by atoms with Gasteiger partial charge in [-0.1, -0.05) is 58.0 Å². The number of aliphatic carboxylic acids is 1. The molecule has 1 unspecified atom stereocenters. The van der Waals surface area contributed by atoms with Gasteiger partial charge in [0.05, 0.1) is 18.4 Å². The molecule has 23 heteroatoms. The highest BCUT2D eigenvalue weighted by atomic mass is 32.2. The number of carbonyl (C=O) groups excluding carboxylic acids is 8. The normalized spacial score (nSPS) is 18.8. The molecule has 0 radical (unpaired) electrons. The van der Waals surface area contributed by atoms with E-state index in [0.29, 0.717) is 36.4 Å². The molecular formula is C46H69N11O11S. The van der Waals surface area contributed by atoms with Gasteiger partial charge in [0.1, 0.15) is 36.3 Å². The van der Waals surface area contributed by atoms with Crippen molar-refractivity contribution in [2.45, 2.75) is 140 Å². The third-order valence-electron chi connectivity index (χ3n) is 12.1. The van der Waals surface area contributed by atoms with E-state index in [-0.39, 0.29) is 45.1 Å².